The fourth-order valence-electron chi connectivity index (χ4n) is 2.37. The van der Waals surface area contributed by atoms with Gasteiger partial charge in [-0.3, -0.25) is 4.90 Å². The second-order valence-electron chi connectivity index (χ2n) is 4.62. The van der Waals surface area contributed by atoms with Crippen LogP contribution in [-0.2, 0) is 6.54 Å². The van der Waals surface area contributed by atoms with Crippen LogP contribution in [0, 0.1) is 5.92 Å². The molecule has 0 aromatic carbocycles. The first-order valence-corrected chi connectivity index (χ1v) is 7.22. The lowest BCUT2D eigenvalue weighted by Gasteiger charge is -2.29. The lowest BCUT2D eigenvalue weighted by atomic mass is 9.99. The van der Waals surface area contributed by atoms with Gasteiger partial charge in [0, 0.05) is 18.0 Å². The molecular weight excluding hydrogens is 216 g/mol. The molecule has 1 aliphatic heterocycles. The van der Waals surface area contributed by atoms with Crippen LogP contribution in [0.1, 0.15) is 24.6 Å². The van der Waals surface area contributed by atoms with E-state index < -0.39 is 0 Å². The first-order chi connectivity index (χ1) is 7.88. The molecule has 1 saturated heterocycles. The molecule has 16 heavy (non-hydrogen) atoms. The topological polar surface area (TPSA) is 15.3 Å². The van der Waals surface area contributed by atoms with Gasteiger partial charge in [0.25, 0.3) is 0 Å². The molecule has 0 spiro atoms. The van der Waals surface area contributed by atoms with Gasteiger partial charge in [-0.15, -0.1) is 11.3 Å². The van der Waals surface area contributed by atoms with E-state index in [2.05, 4.69) is 34.7 Å². The molecule has 1 aromatic heterocycles. The average Bonchev–Trinajstić information content (AvgIpc) is 2.82. The third kappa shape index (κ3) is 3.58. The number of nitrogens with zero attached hydrogens (tertiary/aromatic N) is 1. The number of nitrogens with one attached hydrogen (secondary N) is 1. The Bertz CT molecular complexity index is 278. The lowest BCUT2D eigenvalue weighted by molar-refractivity contribution is 0.211. The molecule has 2 nitrogen and oxygen atoms in total. The summed E-state index contributed by atoms with van der Waals surface area (Å²) < 4.78 is 0. The predicted octanol–water partition coefficient (Wildman–Crippen LogP) is 2.57. The Morgan fingerprint density at radius 3 is 3.12 bits per heavy atom. The van der Waals surface area contributed by atoms with Crippen LogP contribution in [0.4, 0.5) is 0 Å². The minimum atomic E-state index is 0.855. The summed E-state index contributed by atoms with van der Waals surface area (Å²) in [5.41, 5.74) is 0. The van der Waals surface area contributed by atoms with E-state index in [0.29, 0.717) is 0 Å². The maximum atomic E-state index is 3.50. The van der Waals surface area contributed by atoms with Crippen molar-refractivity contribution in [1.29, 1.82) is 0 Å². The summed E-state index contributed by atoms with van der Waals surface area (Å²) in [7, 11) is 0. The molecule has 0 saturated carbocycles. The van der Waals surface area contributed by atoms with Gasteiger partial charge in [-0.25, -0.2) is 0 Å². The molecule has 90 valence electrons. The van der Waals surface area contributed by atoms with Crippen LogP contribution in [0.15, 0.2) is 17.5 Å². The molecule has 1 N–H and O–H groups in total. The molecule has 0 amide bonds. The number of hydrogen-bond acceptors (Lipinski definition) is 3. The smallest absolute Gasteiger partial charge is 0.0327 e. The first-order valence-electron chi connectivity index (χ1n) is 6.34. The predicted molar refractivity (Wildman–Crippen MR) is 70.9 cm³/mol. The molecule has 2 heterocycles. The first kappa shape index (κ1) is 12.1. The normalized spacial score (nSPS) is 21.5. The van der Waals surface area contributed by atoms with Crippen molar-refractivity contribution in [3.63, 3.8) is 0 Å². The third-order valence-corrected chi connectivity index (χ3v) is 4.18. The largest absolute Gasteiger partial charge is 0.316 e. The van der Waals surface area contributed by atoms with Crippen molar-refractivity contribution in [3.8, 4) is 0 Å². The van der Waals surface area contributed by atoms with Gasteiger partial charge in [-0.1, -0.05) is 13.0 Å². The van der Waals surface area contributed by atoms with E-state index in [1.165, 1.54) is 37.4 Å². The van der Waals surface area contributed by atoms with Crippen molar-refractivity contribution < 1.29 is 0 Å². The molecular formula is C13H22N2S. The van der Waals surface area contributed by atoms with Crippen molar-refractivity contribution in [2.45, 2.75) is 26.3 Å². The molecule has 1 aromatic rings. The molecule has 0 radical (unpaired) electrons. The molecule has 0 bridgehead atoms. The highest BCUT2D eigenvalue weighted by molar-refractivity contribution is 7.09. The van der Waals surface area contributed by atoms with Gasteiger partial charge >= 0.3 is 0 Å². The minimum absolute atomic E-state index is 0.855. The van der Waals surface area contributed by atoms with Crippen molar-refractivity contribution in [2.75, 3.05) is 26.2 Å². The van der Waals surface area contributed by atoms with Crippen molar-refractivity contribution >= 4 is 11.3 Å². The highest BCUT2D eigenvalue weighted by atomic mass is 32.1. The van der Waals surface area contributed by atoms with Gasteiger partial charge in [-0.2, -0.15) is 0 Å². The van der Waals surface area contributed by atoms with Crippen LogP contribution in [0.25, 0.3) is 0 Å². The van der Waals surface area contributed by atoms with Gasteiger partial charge in [-0.05, 0) is 49.8 Å². The summed E-state index contributed by atoms with van der Waals surface area (Å²) in [6.07, 6.45) is 2.75. The maximum Gasteiger partial charge on any atom is 0.0327 e. The zero-order valence-electron chi connectivity index (χ0n) is 10.1. The average molecular weight is 238 g/mol. The summed E-state index contributed by atoms with van der Waals surface area (Å²) in [4.78, 5) is 4.06. The zero-order chi connectivity index (χ0) is 11.2. The van der Waals surface area contributed by atoms with Crippen LogP contribution >= 0.6 is 11.3 Å². The standard InChI is InChI=1S/C13H22N2S/c1-2-15(11-13-6-4-8-16-13)10-12-5-3-7-14-9-12/h4,6,8,12,14H,2-3,5,7,9-11H2,1H3. The Balaban J connectivity index is 1.80. The Kier molecular flexibility index (Phi) is 4.82. The van der Waals surface area contributed by atoms with E-state index in [4.69, 9.17) is 0 Å². The van der Waals surface area contributed by atoms with Crippen molar-refractivity contribution in [2.24, 2.45) is 5.92 Å². The highest BCUT2D eigenvalue weighted by Crippen LogP contribution is 2.16. The van der Waals surface area contributed by atoms with E-state index in [-0.39, 0.29) is 0 Å². The Morgan fingerprint density at radius 2 is 2.50 bits per heavy atom. The molecule has 1 fully saturated rings. The molecule has 2 rings (SSSR count). The second-order valence-corrected chi connectivity index (χ2v) is 5.65. The van der Waals surface area contributed by atoms with E-state index >= 15 is 0 Å². The highest BCUT2D eigenvalue weighted by Gasteiger charge is 2.16. The van der Waals surface area contributed by atoms with Crippen LogP contribution < -0.4 is 5.32 Å². The number of piperidine rings is 1. The quantitative estimate of drug-likeness (QED) is 0.848. The van der Waals surface area contributed by atoms with Crippen LogP contribution in [-0.4, -0.2) is 31.1 Å². The molecule has 1 unspecified atom stereocenters. The van der Waals surface area contributed by atoms with E-state index in [9.17, 15) is 0 Å². The third-order valence-electron chi connectivity index (χ3n) is 3.32. The summed E-state index contributed by atoms with van der Waals surface area (Å²) in [6.45, 7) is 8.23. The van der Waals surface area contributed by atoms with Crippen LogP contribution in [0.2, 0.25) is 0 Å². The number of thiophene rings is 1. The van der Waals surface area contributed by atoms with Gasteiger partial charge in [0.1, 0.15) is 0 Å². The van der Waals surface area contributed by atoms with E-state index in [0.717, 1.165) is 19.0 Å². The Labute approximate surface area is 103 Å². The minimum Gasteiger partial charge on any atom is -0.316 e. The monoisotopic (exact) mass is 238 g/mol. The number of rotatable bonds is 5. The van der Waals surface area contributed by atoms with Gasteiger partial charge in [0.2, 0.25) is 0 Å². The summed E-state index contributed by atoms with van der Waals surface area (Å²) in [5, 5.41) is 5.67. The molecule has 1 aliphatic rings. The Morgan fingerprint density at radius 1 is 1.56 bits per heavy atom. The lowest BCUT2D eigenvalue weighted by Crippen LogP contribution is -2.37. The molecule has 0 aliphatic carbocycles. The van der Waals surface area contributed by atoms with Crippen molar-refractivity contribution in [3.05, 3.63) is 22.4 Å². The second kappa shape index (κ2) is 6.38. The summed E-state index contributed by atoms with van der Waals surface area (Å²) in [5.74, 6) is 0.855. The number of hydrogen-bond donors (Lipinski definition) is 1. The van der Waals surface area contributed by atoms with Gasteiger partial charge in [0.15, 0.2) is 0 Å². The van der Waals surface area contributed by atoms with E-state index in [1.54, 1.807) is 0 Å². The van der Waals surface area contributed by atoms with Crippen LogP contribution in [0.3, 0.4) is 0 Å². The summed E-state index contributed by atoms with van der Waals surface area (Å²) >= 11 is 1.87. The SMILES string of the molecule is CCN(Cc1cccs1)CC1CCCNC1. The van der Waals surface area contributed by atoms with Gasteiger partial charge in [0.05, 0.1) is 0 Å². The molecule has 1 atom stereocenters. The zero-order valence-corrected chi connectivity index (χ0v) is 10.9. The fraction of sp³-hybridized carbons (Fsp3) is 0.692. The fourth-order valence-corrected chi connectivity index (χ4v) is 3.12. The molecule has 3 heteroatoms. The maximum absolute atomic E-state index is 3.50. The van der Waals surface area contributed by atoms with Crippen LogP contribution in [0.5, 0.6) is 0 Å². The Hall–Kier alpha value is -0.380. The summed E-state index contributed by atoms with van der Waals surface area (Å²) in [6, 6.07) is 4.39. The van der Waals surface area contributed by atoms with Gasteiger partial charge < -0.3 is 5.32 Å². The van der Waals surface area contributed by atoms with Crippen molar-refractivity contribution in [1.82, 2.24) is 10.2 Å². The van der Waals surface area contributed by atoms with E-state index in [1.807, 2.05) is 11.3 Å².